The van der Waals surface area contributed by atoms with Gasteiger partial charge < -0.3 is 14.5 Å². The number of H-pyrrole nitrogens is 1. The molecule has 0 atom stereocenters. The Kier molecular flexibility index (Phi) is 1.07. The Morgan fingerprint density at radius 1 is 1.31 bits per heavy atom. The second-order valence-electron chi connectivity index (χ2n) is 2.86. The fourth-order valence-electron chi connectivity index (χ4n) is 1.43. The quantitative estimate of drug-likeness (QED) is 0.660. The molecule has 0 saturated carbocycles. The number of hydrogen-bond donors (Lipinski definition) is 1. The Morgan fingerprint density at radius 2 is 2.08 bits per heavy atom. The van der Waals surface area contributed by atoms with Crippen LogP contribution in [0.25, 0.3) is 11.0 Å². The van der Waals surface area contributed by atoms with Gasteiger partial charge in [-0.15, -0.1) is 0 Å². The van der Waals surface area contributed by atoms with Crippen LogP contribution in [0.1, 0.15) is 0 Å². The van der Waals surface area contributed by atoms with Gasteiger partial charge in [-0.25, -0.2) is 4.98 Å². The number of imidazole rings is 1. The number of benzene rings is 1. The Labute approximate surface area is 76.0 Å². The molecular weight excluding hydrogens is 168 g/mol. The molecule has 0 saturated heterocycles. The molecule has 0 aliphatic carbocycles. The first-order valence-corrected chi connectivity index (χ1v) is 4.10. The Bertz CT molecular complexity index is 495. The van der Waals surface area contributed by atoms with E-state index in [1.54, 1.807) is 12.1 Å². The third-order valence-electron chi connectivity index (χ3n) is 2.03. The largest absolute Gasteiger partial charge is 0.486 e. The van der Waals surface area contributed by atoms with Gasteiger partial charge in [-0.05, 0) is 0 Å². The lowest BCUT2D eigenvalue weighted by molar-refractivity contribution is 0.172. The van der Waals surface area contributed by atoms with Gasteiger partial charge in [0.15, 0.2) is 12.9 Å². The highest BCUT2D eigenvalue weighted by Gasteiger charge is 2.12. The third-order valence-corrected chi connectivity index (χ3v) is 2.03. The summed E-state index contributed by atoms with van der Waals surface area (Å²) in [6.45, 7) is 1.13. The van der Waals surface area contributed by atoms with Crippen LogP contribution in [-0.2, 0) is 0 Å². The van der Waals surface area contributed by atoms with Gasteiger partial charge in [-0.1, -0.05) is 0 Å². The Hall–Kier alpha value is -1.71. The second-order valence-corrected chi connectivity index (χ2v) is 2.86. The maximum atomic E-state index is 7.52. The van der Waals surface area contributed by atoms with Crippen molar-refractivity contribution < 1.29 is 10.9 Å². The summed E-state index contributed by atoms with van der Waals surface area (Å²) in [5.74, 6) is 1.40. The molecule has 4 heteroatoms. The van der Waals surface area contributed by atoms with Gasteiger partial charge in [0.05, 0.1) is 17.4 Å². The summed E-state index contributed by atoms with van der Waals surface area (Å²) in [7, 11) is 0. The standard InChI is InChI=1S/C9H8N2O2/c1-2-13-9-4-7-6(10-5-11-7)3-8(9)12-1/h3-5H,1-2H2,(H,10,11)/i/hD. The number of rotatable bonds is 0. The van der Waals surface area contributed by atoms with Crippen molar-refractivity contribution in [2.75, 3.05) is 13.2 Å². The van der Waals surface area contributed by atoms with E-state index in [-0.39, 0.29) is 0 Å². The first-order chi connectivity index (χ1) is 6.84. The van der Waals surface area contributed by atoms with E-state index >= 15 is 0 Å². The van der Waals surface area contributed by atoms with Crippen LogP contribution in [0, 0.1) is 0 Å². The van der Waals surface area contributed by atoms with Gasteiger partial charge >= 0.3 is 0 Å². The minimum absolute atomic E-state index is 0.560. The zero-order valence-electron chi connectivity index (χ0n) is 7.86. The molecule has 2 heterocycles. The van der Waals surface area contributed by atoms with Crippen molar-refractivity contribution in [3.05, 3.63) is 18.5 Å². The van der Waals surface area contributed by atoms with Crippen LogP contribution >= 0.6 is 0 Å². The molecule has 1 aliphatic heterocycles. The maximum absolute atomic E-state index is 7.52. The summed E-state index contributed by atoms with van der Waals surface area (Å²) < 4.78 is 18.3. The predicted molar refractivity (Wildman–Crippen MR) is 47.1 cm³/mol. The van der Waals surface area contributed by atoms with Gasteiger partial charge in [0, 0.05) is 12.1 Å². The summed E-state index contributed by atoms with van der Waals surface area (Å²) in [6.07, 6.45) is 1.45. The Morgan fingerprint density at radius 3 is 2.92 bits per heavy atom. The number of aromatic amines is 1. The SMILES string of the molecule is [2H]n1cnc2cc3c(cc21)OCCO3. The summed E-state index contributed by atoms with van der Waals surface area (Å²) in [4.78, 5) is 5.28. The number of nitrogens with zero attached hydrogens (tertiary/aromatic N) is 1. The van der Waals surface area contributed by atoms with Crippen molar-refractivity contribution in [3.63, 3.8) is 0 Å². The molecule has 0 unspecified atom stereocenters. The molecule has 0 spiro atoms. The van der Waals surface area contributed by atoms with Crippen molar-refractivity contribution in [1.29, 1.82) is 0 Å². The molecule has 0 fully saturated rings. The van der Waals surface area contributed by atoms with Crippen LogP contribution in [0.3, 0.4) is 0 Å². The van der Waals surface area contributed by atoms with Crippen LogP contribution in [0.4, 0.5) is 0 Å². The van der Waals surface area contributed by atoms with Crippen LogP contribution in [0.15, 0.2) is 18.5 Å². The average Bonchev–Trinajstić information content (AvgIpc) is 2.57. The minimum Gasteiger partial charge on any atom is -0.486 e. The highest BCUT2D eigenvalue weighted by atomic mass is 16.6. The van der Waals surface area contributed by atoms with Gasteiger partial charge in [0.2, 0.25) is 0 Å². The van der Waals surface area contributed by atoms with Crippen molar-refractivity contribution in [1.82, 2.24) is 9.96 Å². The van der Waals surface area contributed by atoms with Gasteiger partial charge in [0.1, 0.15) is 13.2 Å². The fourth-order valence-corrected chi connectivity index (χ4v) is 1.43. The molecule has 0 bridgehead atoms. The summed E-state index contributed by atoms with van der Waals surface area (Å²) in [5.41, 5.74) is 1.48. The maximum Gasteiger partial charge on any atom is 0.168 e. The lowest BCUT2D eigenvalue weighted by Crippen LogP contribution is -2.15. The molecule has 4 nitrogen and oxygen atoms in total. The molecule has 0 amide bonds. The summed E-state index contributed by atoms with van der Waals surface area (Å²) >= 11 is 0. The summed E-state index contributed by atoms with van der Waals surface area (Å²) in [6, 6.07) is 3.58. The number of ether oxygens (including phenoxy) is 2. The third kappa shape index (κ3) is 0.950. The van der Waals surface area contributed by atoms with Gasteiger partial charge in [-0.3, -0.25) is 0 Å². The zero-order chi connectivity index (χ0) is 9.54. The first kappa shape index (κ1) is 5.85. The molecule has 1 aliphatic rings. The van der Waals surface area contributed by atoms with E-state index in [1.165, 1.54) is 11.3 Å². The average molecular weight is 177 g/mol. The molecule has 1 N–H and O–H groups in total. The van der Waals surface area contributed by atoms with Gasteiger partial charge in [-0.2, -0.15) is 0 Å². The smallest absolute Gasteiger partial charge is 0.168 e. The van der Waals surface area contributed by atoms with Crippen molar-refractivity contribution in [2.24, 2.45) is 0 Å². The lowest BCUT2D eigenvalue weighted by atomic mass is 10.2. The highest BCUT2D eigenvalue weighted by molar-refractivity contribution is 5.79. The zero-order valence-corrected chi connectivity index (χ0v) is 6.86. The van der Waals surface area contributed by atoms with E-state index in [0.717, 1.165) is 11.0 Å². The van der Waals surface area contributed by atoms with Crippen molar-refractivity contribution >= 4 is 11.0 Å². The minimum atomic E-state index is 0.560. The van der Waals surface area contributed by atoms with Crippen LogP contribution in [0.2, 0.25) is 1.41 Å². The highest BCUT2D eigenvalue weighted by Crippen LogP contribution is 2.32. The molecule has 0 radical (unpaired) electrons. The van der Waals surface area contributed by atoms with Crippen molar-refractivity contribution in [3.8, 4) is 11.5 Å². The monoisotopic (exact) mass is 177 g/mol. The second kappa shape index (κ2) is 2.39. The van der Waals surface area contributed by atoms with E-state index in [2.05, 4.69) is 4.98 Å². The predicted octanol–water partition coefficient (Wildman–Crippen LogP) is 1.33. The molecule has 3 rings (SSSR count). The van der Waals surface area contributed by atoms with Crippen molar-refractivity contribution in [2.45, 2.75) is 0 Å². The first-order valence-electron chi connectivity index (χ1n) is 4.55. The topological polar surface area (TPSA) is 47.1 Å². The van der Waals surface area contributed by atoms with Crippen LogP contribution in [0.5, 0.6) is 11.5 Å². The number of fused-ring (bicyclic) bond motifs is 2. The number of nitrogens with one attached hydrogen (secondary N) is 1. The molecule has 1 aromatic heterocycles. The normalized spacial score (nSPS) is 15.8. The van der Waals surface area contributed by atoms with E-state index in [4.69, 9.17) is 10.9 Å². The number of hydrogen-bond acceptors (Lipinski definition) is 3. The fraction of sp³-hybridized carbons (Fsp3) is 0.222. The molecule has 2 aromatic rings. The summed E-state index contributed by atoms with van der Waals surface area (Å²) in [5, 5.41) is 0. The molecule has 66 valence electrons. The molecular formula is C9H8N2O2. The van der Waals surface area contributed by atoms with E-state index in [9.17, 15) is 0 Å². The molecule has 1 aromatic carbocycles. The molecule has 13 heavy (non-hydrogen) atoms. The lowest BCUT2D eigenvalue weighted by Gasteiger charge is -2.17. The van der Waals surface area contributed by atoms with Crippen LogP contribution < -0.4 is 9.47 Å². The van der Waals surface area contributed by atoms with E-state index < -0.39 is 0 Å². The van der Waals surface area contributed by atoms with E-state index in [0.29, 0.717) is 24.7 Å². The number of aromatic nitrogens is 2. The Balaban J connectivity index is 2.29. The van der Waals surface area contributed by atoms with E-state index in [1.807, 2.05) is 0 Å². The van der Waals surface area contributed by atoms with Crippen LogP contribution in [-0.4, -0.2) is 23.2 Å². The van der Waals surface area contributed by atoms with Gasteiger partial charge in [0.25, 0.3) is 0 Å².